The van der Waals surface area contributed by atoms with E-state index in [0.717, 1.165) is 16.5 Å². The molecule has 2 heterocycles. The maximum absolute atomic E-state index is 5.95. The molecule has 0 bridgehead atoms. The molecular weight excluding hydrogens is 294 g/mol. The van der Waals surface area contributed by atoms with Crippen LogP contribution in [0.15, 0.2) is 22.9 Å². The summed E-state index contributed by atoms with van der Waals surface area (Å²) in [6, 6.07) is 1.91. The molecule has 22 heavy (non-hydrogen) atoms. The average molecular weight is 317 g/mol. The lowest BCUT2D eigenvalue weighted by Gasteiger charge is -2.13. The zero-order valence-corrected chi connectivity index (χ0v) is 14.9. The maximum atomic E-state index is 5.95. The van der Waals surface area contributed by atoms with Crippen molar-refractivity contribution in [3.05, 3.63) is 29.8 Å². The van der Waals surface area contributed by atoms with E-state index >= 15 is 0 Å². The first kappa shape index (κ1) is 16.8. The Morgan fingerprint density at radius 3 is 2.45 bits per heavy atom. The van der Waals surface area contributed by atoms with Crippen molar-refractivity contribution in [1.82, 2.24) is 4.98 Å². The molecule has 5 heteroatoms. The third kappa shape index (κ3) is 4.20. The van der Waals surface area contributed by atoms with Crippen LogP contribution in [0, 0.1) is 11.5 Å². The highest BCUT2D eigenvalue weighted by Gasteiger charge is 2.18. The van der Waals surface area contributed by atoms with E-state index in [1.807, 2.05) is 19.9 Å². The van der Waals surface area contributed by atoms with E-state index in [1.165, 1.54) is 0 Å². The molecule has 0 unspecified atom stereocenters. The lowest BCUT2D eigenvalue weighted by atomic mass is 10.2. The number of nitrogens with zero attached hydrogens (tertiary/aromatic N) is 1. The summed E-state index contributed by atoms with van der Waals surface area (Å²) in [6.45, 7) is 11.6. The number of ether oxygens (including phenoxy) is 2. The van der Waals surface area contributed by atoms with Crippen molar-refractivity contribution in [2.45, 2.75) is 39.8 Å². The fourth-order valence-corrected chi connectivity index (χ4v) is 2.47. The Morgan fingerprint density at radius 2 is 1.86 bits per heavy atom. The van der Waals surface area contributed by atoms with Crippen LogP contribution in [-0.2, 0) is 9.47 Å². The molecule has 2 rings (SSSR count). The third-order valence-corrected chi connectivity index (χ3v) is 3.76. The molecule has 118 valence electrons. The smallest absolute Gasteiger partial charge is 0.217 e. The Hall–Kier alpha value is -1.61. The van der Waals surface area contributed by atoms with Crippen molar-refractivity contribution in [1.29, 1.82) is 0 Å². The summed E-state index contributed by atoms with van der Waals surface area (Å²) in [4.78, 5) is 4.25. The van der Waals surface area contributed by atoms with Gasteiger partial charge in [0, 0.05) is 31.0 Å². The van der Waals surface area contributed by atoms with Crippen molar-refractivity contribution in [3.63, 3.8) is 0 Å². The number of aromatic nitrogens is 1. The number of hydrogen-bond donors (Lipinski definition) is 0. The van der Waals surface area contributed by atoms with Crippen LogP contribution in [0.25, 0.3) is 11.0 Å². The van der Waals surface area contributed by atoms with Gasteiger partial charge in [0.25, 0.3) is 0 Å². The van der Waals surface area contributed by atoms with Gasteiger partial charge in [-0.3, -0.25) is 4.98 Å². The van der Waals surface area contributed by atoms with Gasteiger partial charge in [0.15, 0.2) is 11.3 Å². The normalized spacial score (nSPS) is 11.7. The first-order chi connectivity index (χ1) is 10.4. The highest BCUT2D eigenvalue weighted by molar-refractivity contribution is 6.83. The van der Waals surface area contributed by atoms with Gasteiger partial charge in [-0.25, -0.2) is 0 Å². The zero-order chi connectivity index (χ0) is 16.2. The molecular formula is C17H23NO3Si. The quantitative estimate of drug-likeness (QED) is 0.472. The van der Waals surface area contributed by atoms with Gasteiger partial charge in [-0.15, -0.1) is 5.54 Å². The van der Waals surface area contributed by atoms with Gasteiger partial charge in [-0.2, -0.15) is 0 Å². The van der Waals surface area contributed by atoms with Gasteiger partial charge in [0.1, 0.15) is 8.07 Å². The third-order valence-electron chi connectivity index (χ3n) is 2.88. The lowest BCUT2D eigenvalue weighted by Crippen LogP contribution is -2.16. The van der Waals surface area contributed by atoms with E-state index in [-0.39, 0.29) is 0 Å². The zero-order valence-electron chi connectivity index (χ0n) is 13.9. The van der Waals surface area contributed by atoms with Crippen LogP contribution in [0.5, 0.6) is 0 Å². The van der Waals surface area contributed by atoms with Crippen LogP contribution in [0.3, 0.4) is 0 Å². The van der Waals surface area contributed by atoms with Gasteiger partial charge >= 0.3 is 0 Å². The monoisotopic (exact) mass is 317 g/mol. The molecule has 0 saturated heterocycles. The molecule has 0 aromatic carbocycles. The van der Waals surface area contributed by atoms with Crippen molar-refractivity contribution in [3.8, 4) is 11.5 Å². The predicted molar refractivity (Wildman–Crippen MR) is 90.2 cm³/mol. The van der Waals surface area contributed by atoms with Crippen LogP contribution in [0.2, 0.25) is 19.6 Å². The molecule has 0 amide bonds. The number of pyridine rings is 1. The number of rotatable bonds is 5. The molecule has 4 nitrogen and oxygen atoms in total. The molecule has 0 fully saturated rings. The first-order valence-electron chi connectivity index (χ1n) is 7.58. The van der Waals surface area contributed by atoms with E-state index in [0.29, 0.717) is 19.0 Å². The molecule has 0 atom stereocenters. The van der Waals surface area contributed by atoms with Gasteiger partial charge in [-0.05, 0) is 19.9 Å². The van der Waals surface area contributed by atoms with E-state index in [2.05, 4.69) is 36.1 Å². The van der Waals surface area contributed by atoms with Gasteiger partial charge in [0.05, 0.1) is 5.56 Å². The van der Waals surface area contributed by atoms with E-state index < -0.39 is 14.4 Å². The minimum Gasteiger partial charge on any atom is -0.454 e. The summed E-state index contributed by atoms with van der Waals surface area (Å²) in [5.41, 5.74) is 4.91. The SMILES string of the molecule is CCOC(OCC)c1cc2cncc(C#C[Si](C)(C)C)c2o1. The van der Waals surface area contributed by atoms with Gasteiger partial charge in [0.2, 0.25) is 6.29 Å². The summed E-state index contributed by atoms with van der Waals surface area (Å²) >= 11 is 0. The van der Waals surface area contributed by atoms with Crippen LogP contribution in [0.4, 0.5) is 0 Å². The Bertz CT molecular complexity index is 685. The summed E-state index contributed by atoms with van der Waals surface area (Å²) in [5.74, 6) is 3.87. The molecule has 2 aromatic rings. The molecule has 0 aliphatic rings. The minimum absolute atomic E-state index is 0.486. The molecule has 2 aromatic heterocycles. The summed E-state index contributed by atoms with van der Waals surface area (Å²) in [5, 5.41) is 0.918. The highest BCUT2D eigenvalue weighted by atomic mass is 28.3. The number of fused-ring (bicyclic) bond motifs is 1. The summed E-state index contributed by atoms with van der Waals surface area (Å²) in [7, 11) is -1.45. The second kappa shape index (κ2) is 7.10. The van der Waals surface area contributed by atoms with Crippen molar-refractivity contribution >= 4 is 19.0 Å². The number of furan rings is 1. The predicted octanol–water partition coefficient (Wildman–Crippen LogP) is 4.13. The highest BCUT2D eigenvalue weighted by Crippen LogP contribution is 2.28. The molecule has 0 aliphatic carbocycles. The topological polar surface area (TPSA) is 44.5 Å². The molecule has 0 spiro atoms. The van der Waals surface area contributed by atoms with E-state index in [9.17, 15) is 0 Å². The summed E-state index contributed by atoms with van der Waals surface area (Å²) < 4.78 is 17.1. The van der Waals surface area contributed by atoms with Crippen molar-refractivity contribution in [2.75, 3.05) is 13.2 Å². The van der Waals surface area contributed by atoms with E-state index in [1.54, 1.807) is 12.4 Å². The van der Waals surface area contributed by atoms with Gasteiger partial charge < -0.3 is 13.9 Å². The van der Waals surface area contributed by atoms with Crippen LogP contribution < -0.4 is 0 Å². The van der Waals surface area contributed by atoms with E-state index in [4.69, 9.17) is 13.9 Å². The average Bonchev–Trinajstić information content (AvgIpc) is 2.88. The molecule has 0 aliphatic heterocycles. The Morgan fingerprint density at radius 1 is 1.18 bits per heavy atom. The Balaban J connectivity index is 2.43. The summed E-state index contributed by atoms with van der Waals surface area (Å²) in [6.07, 6.45) is 3.04. The fourth-order valence-electron chi connectivity index (χ4n) is 1.96. The van der Waals surface area contributed by atoms with Gasteiger partial charge in [-0.1, -0.05) is 25.6 Å². The second-order valence-electron chi connectivity index (χ2n) is 6.00. The van der Waals surface area contributed by atoms with Crippen molar-refractivity contribution < 1.29 is 13.9 Å². The van der Waals surface area contributed by atoms with Crippen LogP contribution in [-0.4, -0.2) is 26.3 Å². The molecule has 0 radical (unpaired) electrons. The first-order valence-corrected chi connectivity index (χ1v) is 11.1. The lowest BCUT2D eigenvalue weighted by molar-refractivity contribution is -0.150. The molecule has 0 saturated carbocycles. The minimum atomic E-state index is -1.45. The van der Waals surface area contributed by atoms with Crippen LogP contribution >= 0.6 is 0 Å². The Kier molecular flexibility index (Phi) is 5.41. The fraction of sp³-hybridized carbons (Fsp3) is 0.471. The van der Waals surface area contributed by atoms with Crippen LogP contribution in [0.1, 0.15) is 31.5 Å². The largest absolute Gasteiger partial charge is 0.454 e. The molecule has 0 N–H and O–H groups in total. The second-order valence-corrected chi connectivity index (χ2v) is 10.7. The Labute approximate surface area is 132 Å². The number of hydrogen-bond acceptors (Lipinski definition) is 4. The standard InChI is InChI=1S/C17H23NO3Si/c1-6-19-17(20-7-2)15-10-14-12-18-11-13(16(14)21-15)8-9-22(3,4)5/h10-12,17H,6-7H2,1-5H3. The van der Waals surface area contributed by atoms with Crippen molar-refractivity contribution in [2.24, 2.45) is 0 Å². The maximum Gasteiger partial charge on any atom is 0.217 e.